The van der Waals surface area contributed by atoms with E-state index in [1.807, 2.05) is 0 Å². The summed E-state index contributed by atoms with van der Waals surface area (Å²) in [6.07, 6.45) is 1.84. The number of nitrogens with two attached hydrogens (primary N) is 1. The number of methoxy groups -OCH3 is 1. The van der Waals surface area contributed by atoms with E-state index in [9.17, 15) is 20.0 Å². The van der Waals surface area contributed by atoms with Crippen LogP contribution in [-0.2, 0) is 9.59 Å². The molecule has 1 atom stereocenters. The Morgan fingerprint density at radius 2 is 2.26 bits per heavy atom. The van der Waals surface area contributed by atoms with Gasteiger partial charge in [0.25, 0.3) is 0 Å². The molecule has 140 valence electrons. The minimum Gasteiger partial charge on any atom is -0.504 e. The molecule has 8 heteroatoms. The molecule has 1 aromatic rings. The fourth-order valence-corrected chi connectivity index (χ4v) is 4.19. The second-order valence-electron chi connectivity index (χ2n) is 6.27. The monoisotopic (exact) mass is 385 g/mol. The van der Waals surface area contributed by atoms with Gasteiger partial charge in [-0.05, 0) is 30.5 Å². The molecule has 0 unspecified atom stereocenters. The molecule has 0 bridgehead atoms. The number of phenols is 1. The van der Waals surface area contributed by atoms with Crippen molar-refractivity contribution in [1.82, 2.24) is 5.32 Å². The number of allylic oxidation sites excluding steroid dienone is 3. The van der Waals surface area contributed by atoms with Crippen molar-refractivity contribution in [2.45, 2.75) is 25.2 Å². The number of nitrogens with zero attached hydrogens (tertiary/aromatic N) is 1. The van der Waals surface area contributed by atoms with Gasteiger partial charge in [0.05, 0.1) is 35.5 Å². The van der Waals surface area contributed by atoms with Gasteiger partial charge in [-0.1, -0.05) is 17.8 Å². The van der Waals surface area contributed by atoms with E-state index in [1.165, 1.54) is 13.2 Å². The zero-order chi connectivity index (χ0) is 19.6. The molecule has 0 fully saturated rings. The third kappa shape index (κ3) is 3.64. The summed E-state index contributed by atoms with van der Waals surface area (Å²) in [5.41, 5.74) is 7.60. The van der Waals surface area contributed by atoms with Crippen molar-refractivity contribution in [3.63, 3.8) is 0 Å². The highest BCUT2D eigenvalue weighted by Gasteiger charge is 2.37. The lowest BCUT2D eigenvalue weighted by atomic mass is 9.77. The van der Waals surface area contributed by atoms with Gasteiger partial charge < -0.3 is 20.9 Å². The van der Waals surface area contributed by atoms with Crippen LogP contribution >= 0.6 is 11.8 Å². The highest BCUT2D eigenvalue weighted by molar-refractivity contribution is 8.03. The van der Waals surface area contributed by atoms with Gasteiger partial charge in [0.15, 0.2) is 17.3 Å². The average Bonchev–Trinajstić information content (AvgIpc) is 2.65. The van der Waals surface area contributed by atoms with Crippen LogP contribution in [0.4, 0.5) is 0 Å². The molecule has 1 aliphatic heterocycles. The Kier molecular flexibility index (Phi) is 5.42. The Morgan fingerprint density at radius 3 is 2.93 bits per heavy atom. The summed E-state index contributed by atoms with van der Waals surface area (Å²) in [6, 6.07) is 6.97. The van der Waals surface area contributed by atoms with Gasteiger partial charge in [0, 0.05) is 17.7 Å². The van der Waals surface area contributed by atoms with Crippen molar-refractivity contribution in [1.29, 1.82) is 5.26 Å². The number of aromatic hydroxyl groups is 1. The lowest BCUT2D eigenvalue weighted by Gasteiger charge is -2.33. The molecule has 1 amide bonds. The quantitative estimate of drug-likeness (QED) is 0.708. The number of nitrogens with one attached hydrogen (secondary N) is 1. The summed E-state index contributed by atoms with van der Waals surface area (Å²) in [5, 5.41) is 23.4. The van der Waals surface area contributed by atoms with Crippen LogP contribution in [-0.4, -0.2) is 29.7 Å². The molecule has 1 heterocycles. The number of rotatable bonds is 5. The number of carbonyl (C=O) groups is 2. The van der Waals surface area contributed by atoms with Crippen molar-refractivity contribution >= 4 is 23.5 Å². The number of thioether (sulfide) groups is 1. The number of hydrogen-bond acceptors (Lipinski definition) is 7. The predicted molar refractivity (Wildman–Crippen MR) is 101 cm³/mol. The fourth-order valence-electron chi connectivity index (χ4n) is 3.39. The van der Waals surface area contributed by atoms with Gasteiger partial charge in [-0.15, -0.1) is 0 Å². The average molecular weight is 385 g/mol. The van der Waals surface area contributed by atoms with Crippen LogP contribution in [0, 0.1) is 11.3 Å². The summed E-state index contributed by atoms with van der Waals surface area (Å²) in [7, 11) is 1.44. The number of amides is 1. The van der Waals surface area contributed by atoms with Crippen molar-refractivity contribution in [2.24, 2.45) is 5.73 Å². The van der Waals surface area contributed by atoms with Gasteiger partial charge >= 0.3 is 0 Å². The van der Waals surface area contributed by atoms with Crippen LogP contribution in [0.1, 0.15) is 30.7 Å². The lowest BCUT2D eigenvalue weighted by Crippen LogP contribution is -2.31. The molecular formula is C19H19N3O4S. The Balaban J connectivity index is 2.15. The SMILES string of the molecule is COc1cc([C@@H]2C(C#N)=C(SCC(N)=O)NC3=C2C(=O)CCC3)ccc1O. The van der Waals surface area contributed by atoms with Gasteiger partial charge in [0.1, 0.15) is 0 Å². The Labute approximate surface area is 160 Å². The van der Waals surface area contributed by atoms with Crippen LogP contribution in [0.3, 0.4) is 0 Å². The molecule has 0 radical (unpaired) electrons. The van der Waals surface area contributed by atoms with E-state index in [4.69, 9.17) is 10.5 Å². The maximum absolute atomic E-state index is 12.7. The van der Waals surface area contributed by atoms with E-state index in [0.29, 0.717) is 34.6 Å². The van der Waals surface area contributed by atoms with Crippen LogP contribution in [0.5, 0.6) is 11.5 Å². The highest BCUT2D eigenvalue weighted by atomic mass is 32.2. The normalized spacial score (nSPS) is 19.3. The summed E-state index contributed by atoms with van der Waals surface area (Å²) < 4.78 is 5.18. The van der Waals surface area contributed by atoms with E-state index in [-0.39, 0.29) is 23.0 Å². The molecule has 1 aromatic carbocycles. The molecule has 4 N–H and O–H groups in total. The number of carbonyl (C=O) groups excluding carboxylic acids is 2. The number of benzene rings is 1. The zero-order valence-electron chi connectivity index (χ0n) is 14.7. The number of phenolic OH excluding ortho intramolecular Hbond substituents is 1. The minimum atomic E-state index is -0.580. The Hall–Kier alpha value is -2.92. The molecule has 0 saturated heterocycles. The molecule has 2 aliphatic rings. The maximum Gasteiger partial charge on any atom is 0.227 e. The molecule has 0 aromatic heterocycles. The first-order valence-corrected chi connectivity index (χ1v) is 9.40. The molecule has 0 saturated carbocycles. The maximum atomic E-state index is 12.7. The first kappa shape index (κ1) is 18.9. The zero-order valence-corrected chi connectivity index (χ0v) is 15.6. The standard InChI is InChI=1S/C19H19N3O4S/c1-26-15-7-10(5-6-13(15)23)17-11(8-20)19(27-9-16(21)25)22-12-3-2-4-14(24)18(12)17/h5-7,17,22-23H,2-4,9H2,1H3,(H2,21,25)/t17-/m1/s1. The fraction of sp³-hybridized carbons (Fsp3) is 0.316. The minimum absolute atomic E-state index is 0.00695. The molecule has 3 rings (SSSR count). The lowest BCUT2D eigenvalue weighted by molar-refractivity contribution is -0.116. The molecule has 27 heavy (non-hydrogen) atoms. The van der Waals surface area contributed by atoms with Crippen LogP contribution in [0.25, 0.3) is 0 Å². The Bertz CT molecular complexity index is 914. The first-order valence-electron chi connectivity index (χ1n) is 8.41. The van der Waals surface area contributed by atoms with Crippen molar-refractivity contribution in [2.75, 3.05) is 12.9 Å². The van der Waals surface area contributed by atoms with Crippen LogP contribution in [0.15, 0.2) is 40.1 Å². The van der Waals surface area contributed by atoms with Crippen molar-refractivity contribution in [3.05, 3.63) is 45.6 Å². The summed E-state index contributed by atoms with van der Waals surface area (Å²) in [5.74, 6) is -0.814. The number of dihydropyridines is 1. The van der Waals surface area contributed by atoms with E-state index in [0.717, 1.165) is 23.9 Å². The number of ether oxygens (including phenoxy) is 1. The van der Waals surface area contributed by atoms with E-state index in [1.54, 1.807) is 12.1 Å². The van der Waals surface area contributed by atoms with Crippen molar-refractivity contribution < 1.29 is 19.4 Å². The highest BCUT2D eigenvalue weighted by Crippen LogP contribution is 2.45. The first-order chi connectivity index (χ1) is 13.0. The molecule has 0 spiro atoms. The third-order valence-corrected chi connectivity index (χ3v) is 5.60. The molecule has 1 aliphatic carbocycles. The number of primary amides is 1. The van der Waals surface area contributed by atoms with Crippen molar-refractivity contribution in [3.8, 4) is 17.6 Å². The number of Topliss-reactive ketones (excluding diaryl/α,β-unsaturated/α-hetero) is 1. The topological polar surface area (TPSA) is 125 Å². The van der Waals surface area contributed by atoms with Gasteiger partial charge in [-0.25, -0.2) is 0 Å². The second-order valence-corrected chi connectivity index (χ2v) is 7.25. The Morgan fingerprint density at radius 1 is 1.48 bits per heavy atom. The molecular weight excluding hydrogens is 366 g/mol. The number of nitriles is 1. The van der Waals surface area contributed by atoms with Crippen LogP contribution < -0.4 is 15.8 Å². The third-order valence-electron chi connectivity index (χ3n) is 4.56. The molecule has 7 nitrogen and oxygen atoms in total. The van der Waals surface area contributed by atoms with Gasteiger partial charge in [0.2, 0.25) is 5.91 Å². The van der Waals surface area contributed by atoms with Gasteiger partial charge in [-0.2, -0.15) is 5.26 Å². The summed E-state index contributed by atoms with van der Waals surface area (Å²) in [6.45, 7) is 0. The number of ketones is 1. The summed E-state index contributed by atoms with van der Waals surface area (Å²) >= 11 is 1.15. The van der Waals surface area contributed by atoms with Crippen LogP contribution in [0.2, 0.25) is 0 Å². The number of hydrogen-bond donors (Lipinski definition) is 3. The van der Waals surface area contributed by atoms with Gasteiger partial charge in [-0.3, -0.25) is 9.59 Å². The summed E-state index contributed by atoms with van der Waals surface area (Å²) in [4.78, 5) is 23.9. The predicted octanol–water partition coefficient (Wildman–Crippen LogP) is 2.05. The second kappa shape index (κ2) is 7.76. The van der Waals surface area contributed by atoms with E-state index < -0.39 is 11.8 Å². The van der Waals surface area contributed by atoms with E-state index in [2.05, 4.69) is 11.4 Å². The largest absolute Gasteiger partial charge is 0.504 e. The van der Waals surface area contributed by atoms with E-state index >= 15 is 0 Å². The smallest absolute Gasteiger partial charge is 0.227 e.